The van der Waals surface area contributed by atoms with E-state index in [1.165, 1.54) is 12.1 Å². The number of benzene rings is 3. The monoisotopic (exact) mass is 533 g/mol. The fraction of sp³-hybridized carbons (Fsp3) is 0.0417. The minimum atomic E-state index is -0.730. The van der Waals surface area contributed by atoms with Crippen LogP contribution in [0.1, 0.15) is 15.9 Å². The van der Waals surface area contributed by atoms with Crippen molar-refractivity contribution in [3.8, 4) is 0 Å². The Labute approximate surface area is 215 Å². The summed E-state index contributed by atoms with van der Waals surface area (Å²) in [4.78, 5) is 39.0. The van der Waals surface area contributed by atoms with E-state index in [0.29, 0.717) is 22.0 Å². The minimum absolute atomic E-state index is 0.0572. The third-order valence-electron chi connectivity index (χ3n) is 5.05. The van der Waals surface area contributed by atoms with Gasteiger partial charge in [0, 0.05) is 22.0 Å². The standard InChI is InChI=1S/C24H15Cl4N3O3/c1-12-5-8-15(11-17(12)26)30-22(32)13-6-9-14(10-7-13)29-21-20(28)23(33)31(24(21)34)18-4-2-3-16(25)19(18)27/h2-11,29H,1H3,(H,30,32). The van der Waals surface area contributed by atoms with E-state index in [4.69, 9.17) is 46.4 Å². The van der Waals surface area contributed by atoms with Gasteiger partial charge < -0.3 is 10.6 Å². The first-order chi connectivity index (χ1) is 16.2. The molecule has 3 aromatic rings. The van der Waals surface area contributed by atoms with Gasteiger partial charge in [0.2, 0.25) is 0 Å². The maximum Gasteiger partial charge on any atom is 0.283 e. The molecule has 0 bridgehead atoms. The third kappa shape index (κ3) is 4.63. The molecule has 0 atom stereocenters. The average Bonchev–Trinajstić information content (AvgIpc) is 3.02. The van der Waals surface area contributed by atoms with Crippen LogP contribution >= 0.6 is 46.4 Å². The first-order valence-electron chi connectivity index (χ1n) is 9.84. The van der Waals surface area contributed by atoms with Crippen LogP contribution < -0.4 is 15.5 Å². The summed E-state index contributed by atoms with van der Waals surface area (Å²) in [6.45, 7) is 1.87. The zero-order chi connectivity index (χ0) is 24.6. The van der Waals surface area contributed by atoms with Crippen LogP contribution in [0.15, 0.2) is 71.4 Å². The number of anilines is 3. The topological polar surface area (TPSA) is 78.5 Å². The van der Waals surface area contributed by atoms with Crippen molar-refractivity contribution in [2.45, 2.75) is 6.92 Å². The summed E-state index contributed by atoms with van der Waals surface area (Å²) in [7, 11) is 0. The molecule has 34 heavy (non-hydrogen) atoms. The lowest BCUT2D eigenvalue weighted by Gasteiger charge is -2.17. The predicted molar refractivity (Wildman–Crippen MR) is 136 cm³/mol. The second kappa shape index (κ2) is 9.68. The van der Waals surface area contributed by atoms with Gasteiger partial charge in [0.25, 0.3) is 17.7 Å². The molecule has 4 rings (SSSR count). The van der Waals surface area contributed by atoms with E-state index in [2.05, 4.69) is 10.6 Å². The van der Waals surface area contributed by atoms with Crippen LogP contribution in [0.3, 0.4) is 0 Å². The van der Waals surface area contributed by atoms with Crippen molar-refractivity contribution in [1.82, 2.24) is 0 Å². The van der Waals surface area contributed by atoms with E-state index in [0.717, 1.165) is 10.5 Å². The fourth-order valence-electron chi connectivity index (χ4n) is 3.22. The van der Waals surface area contributed by atoms with E-state index in [-0.39, 0.29) is 32.4 Å². The number of hydrogen-bond acceptors (Lipinski definition) is 4. The summed E-state index contributed by atoms with van der Waals surface area (Å²) >= 11 is 24.5. The Morgan fingerprint density at radius 1 is 0.824 bits per heavy atom. The zero-order valence-electron chi connectivity index (χ0n) is 17.5. The Balaban J connectivity index is 1.50. The molecule has 1 aliphatic heterocycles. The van der Waals surface area contributed by atoms with Crippen LogP contribution in [0.2, 0.25) is 15.1 Å². The number of aryl methyl sites for hydroxylation is 1. The summed E-state index contributed by atoms with van der Waals surface area (Å²) in [6, 6.07) is 16.1. The lowest BCUT2D eigenvalue weighted by Crippen LogP contribution is -2.32. The van der Waals surface area contributed by atoms with Crippen LogP contribution in [0.4, 0.5) is 17.1 Å². The van der Waals surface area contributed by atoms with Gasteiger partial charge in [0.1, 0.15) is 10.7 Å². The molecule has 3 amide bonds. The van der Waals surface area contributed by atoms with Gasteiger partial charge in [0.15, 0.2) is 0 Å². The van der Waals surface area contributed by atoms with E-state index in [9.17, 15) is 14.4 Å². The summed E-state index contributed by atoms with van der Waals surface area (Å²) in [5.74, 6) is -1.75. The van der Waals surface area contributed by atoms with Gasteiger partial charge in [-0.1, -0.05) is 58.5 Å². The van der Waals surface area contributed by atoms with Gasteiger partial charge in [-0.05, 0) is 61.0 Å². The van der Waals surface area contributed by atoms with Gasteiger partial charge in [0.05, 0.1) is 15.7 Å². The van der Waals surface area contributed by atoms with Crippen LogP contribution in [0, 0.1) is 6.92 Å². The van der Waals surface area contributed by atoms with Crippen molar-refractivity contribution < 1.29 is 14.4 Å². The average molecular weight is 535 g/mol. The first-order valence-corrected chi connectivity index (χ1v) is 11.4. The molecule has 0 saturated heterocycles. The molecule has 0 spiro atoms. The Kier molecular flexibility index (Phi) is 6.86. The molecule has 172 valence electrons. The van der Waals surface area contributed by atoms with E-state index >= 15 is 0 Å². The Morgan fingerprint density at radius 2 is 1.50 bits per heavy atom. The van der Waals surface area contributed by atoms with Crippen molar-refractivity contribution in [3.63, 3.8) is 0 Å². The fourth-order valence-corrected chi connectivity index (χ4v) is 3.99. The predicted octanol–water partition coefficient (Wildman–Crippen LogP) is 6.64. The molecule has 1 aliphatic rings. The molecule has 0 saturated carbocycles. The number of hydrogen-bond donors (Lipinski definition) is 2. The molecule has 0 fully saturated rings. The highest BCUT2D eigenvalue weighted by Crippen LogP contribution is 2.37. The number of nitrogens with zero attached hydrogens (tertiary/aromatic N) is 1. The van der Waals surface area contributed by atoms with Crippen molar-refractivity contribution in [2.75, 3.05) is 15.5 Å². The maximum atomic E-state index is 12.9. The number of carbonyl (C=O) groups excluding carboxylic acids is 3. The van der Waals surface area contributed by atoms with E-state index < -0.39 is 11.8 Å². The second-order valence-corrected chi connectivity index (χ2v) is 8.90. The molecule has 3 aromatic carbocycles. The first kappa shape index (κ1) is 24.1. The Hall–Kier alpha value is -3.03. The lowest BCUT2D eigenvalue weighted by molar-refractivity contribution is -0.120. The largest absolute Gasteiger partial charge is 0.350 e. The van der Waals surface area contributed by atoms with Crippen LogP contribution in [-0.2, 0) is 9.59 Å². The summed E-state index contributed by atoms with van der Waals surface area (Å²) < 4.78 is 0. The SMILES string of the molecule is Cc1ccc(NC(=O)c2ccc(NC3=C(Cl)C(=O)N(c4cccc(Cl)c4Cl)C3=O)cc2)cc1Cl. The van der Waals surface area contributed by atoms with E-state index in [1.54, 1.807) is 42.5 Å². The molecule has 0 aliphatic carbocycles. The van der Waals surface area contributed by atoms with Gasteiger partial charge in [-0.25, -0.2) is 4.90 Å². The van der Waals surface area contributed by atoms with Crippen LogP contribution in [0.25, 0.3) is 0 Å². The van der Waals surface area contributed by atoms with Crippen LogP contribution in [-0.4, -0.2) is 17.7 Å². The van der Waals surface area contributed by atoms with Crippen molar-refractivity contribution in [2.24, 2.45) is 0 Å². The number of carbonyl (C=O) groups is 3. The molecule has 0 aromatic heterocycles. The summed E-state index contributed by atoms with van der Waals surface area (Å²) in [5.41, 5.74) is 2.30. The van der Waals surface area contributed by atoms with Crippen LogP contribution in [0.5, 0.6) is 0 Å². The highest BCUT2D eigenvalue weighted by Gasteiger charge is 2.40. The summed E-state index contributed by atoms with van der Waals surface area (Å²) in [6.07, 6.45) is 0. The van der Waals surface area contributed by atoms with Gasteiger partial charge in [-0.3, -0.25) is 14.4 Å². The van der Waals surface area contributed by atoms with Gasteiger partial charge >= 0.3 is 0 Å². The van der Waals surface area contributed by atoms with Crippen molar-refractivity contribution >= 4 is 81.2 Å². The number of nitrogens with one attached hydrogen (secondary N) is 2. The molecule has 0 radical (unpaired) electrons. The molecular weight excluding hydrogens is 520 g/mol. The Morgan fingerprint density at radius 3 is 2.18 bits per heavy atom. The number of imide groups is 1. The van der Waals surface area contributed by atoms with E-state index in [1.807, 2.05) is 13.0 Å². The van der Waals surface area contributed by atoms with Gasteiger partial charge in [-0.2, -0.15) is 0 Å². The number of amides is 3. The molecule has 1 heterocycles. The summed E-state index contributed by atoms with van der Waals surface area (Å²) in [5, 5.41) is 6.12. The highest BCUT2D eigenvalue weighted by atomic mass is 35.5. The van der Waals surface area contributed by atoms with Gasteiger partial charge in [-0.15, -0.1) is 0 Å². The maximum absolute atomic E-state index is 12.9. The second-order valence-electron chi connectivity index (χ2n) is 7.33. The molecule has 2 N–H and O–H groups in total. The third-order valence-corrected chi connectivity index (χ3v) is 6.61. The minimum Gasteiger partial charge on any atom is -0.350 e. The lowest BCUT2D eigenvalue weighted by atomic mass is 10.1. The molecule has 0 unspecified atom stereocenters. The Bertz CT molecular complexity index is 1370. The quantitative estimate of drug-likeness (QED) is 0.359. The van der Waals surface area contributed by atoms with Crippen molar-refractivity contribution in [1.29, 1.82) is 0 Å². The molecule has 6 nitrogen and oxygen atoms in total. The van der Waals surface area contributed by atoms with Crippen molar-refractivity contribution in [3.05, 3.63) is 97.6 Å². The number of rotatable bonds is 5. The number of halogens is 4. The highest BCUT2D eigenvalue weighted by molar-refractivity contribution is 6.54. The molecule has 10 heteroatoms. The normalized spacial score (nSPS) is 13.5. The molecular formula is C24H15Cl4N3O3. The smallest absolute Gasteiger partial charge is 0.283 e. The zero-order valence-corrected chi connectivity index (χ0v) is 20.5.